The van der Waals surface area contributed by atoms with Crippen LogP contribution in [0.5, 0.6) is 0 Å². The van der Waals surface area contributed by atoms with Crippen LogP contribution in [0.1, 0.15) is 34.6 Å². The maximum absolute atomic E-state index is 8.94. The SMILES string of the molecule is Cc1cc(C#N)ccc1CN1CCC(c2ccccc2)C1. The molecule has 21 heavy (non-hydrogen) atoms. The molecule has 0 amide bonds. The monoisotopic (exact) mass is 276 g/mol. The zero-order valence-electron chi connectivity index (χ0n) is 12.4. The van der Waals surface area contributed by atoms with Crippen LogP contribution in [-0.2, 0) is 6.54 Å². The molecule has 0 bridgehead atoms. The van der Waals surface area contributed by atoms with E-state index in [0.29, 0.717) is 5.92 Å². The Balaban J connectivity index is 1.66. The van der Waals surface area contributed by atoms with E-state index in [9.17, 15) is 0 Å². The summed E-state index contributed by atoms with van der Waals surface area (Å²) in [5.74, 6) is 0.657. The van der Waals surface area contributed by atoms with Gasteiger partial charge in [-0.25, -0.2) is 0 Å². The van der Waals surface area contributed by atoms with E-state index in [4.69, 9.17) is 5.26 Å². The Morgan fingerprint density at radius 2 is 2.00 bits per heavy atom. The van der Waals surface area contributed by atoms with Gasteiger partial charge in [-0.15, -0.1) is 0 Å². The Bertz CT molecular complexity index is 655. The van der Waals surface area contributed by atoms with Gasteiger partial charge in [-0.05, 0) is 54.6 Å². The van der Waals surface area contributed by atoms with Gasteiger partial charge in [0.05, 0.1) is 11.6 Å². The predicted octanol–water partition coefficient (Wildman–Crippen LogP) is 3.86. The number of hydrogen-bond donors (Lipinski definition) is 0. The molecular weight excluding hydrogens is 256 g/mol. The van der Waals surface area contributed by atoms with Gasteiger partial charge in [0.15, 0.2) is 0 Å². The molecule has 3 rings (SSSR count). The van der Waals surface area contributed by atoms with Crippen molar-refractivity contribution in [1.82, 2.24) is 4.90 Å². The molecule has 1 saturated heterocycles. The lowest BCUT2D eigenvalue weighted by Crippen LogP contribution is -2.20. The smallest absolute Gasteiger partial charge is 0.0991 e. The lowest BCUT2D eigenvalue weighted by molar-refractivity contribution is 0.326. The Hall–Kier alpha value is -2.11. The second-order valence-corrected chi connectivity index (χ2v) is 5.88. The fourth-order valence-electron chi connectivity index (χ4n) is 3.16. The first-order chi connectivity index (χ1) is 10.3. The van der Waals surface area contributed by atoms with E-state index in [2.05, 4.69) is 54.3 Å². The minimum Gasteiger partial charge on any atom is -0.298 e. The average Bonchev–Trinajstić information content (AvgIpc) is 2.99. The summed E-state index contributed by atoms with van der Waals surface area (Å²) in [6.45, 7) is 5.37. The fraction of sp³-hybridized carbons (Fsp3) is 0.316. The number of aryl methyl sites for hydroxylation is 1. The van der Waals surface area contributed by atoms with Gasteiger partial charge in [0.2, 0.25) is 0 Å². The quantitative estimate of drug-likeness (QED) is 0.851. The summed E-state index contributed by atoms with van der Waals surface area (Å²) >= 11 is 0. The first kappa shape index (κ1) is 13.9. The van der Waals surface area contributed by atoms with Gasteiger partial charge in [0.1, 0.15) is 0 Å². The van der Waals surface area contributed by atoms with Crippen LogP contribution in [0.2, 0.25) is 0 Å². The number of likely N-dealkylation sites (tertiary alicyclic amines) is 1. The summed E-state index contributed by atoms with van der Waals surface area (Å²) in [6.07, 6.45) is 1.24. The molecule has 2 nitrogen and oxygen atoms in total. The molecular formula is C19H20N2. The van der Waals surface area contributed by atoms with Crippen molar-refractivity contribution in [2.45, 2.75) is 25.8 Å². The van der Waals surface area contributed by atoms with Crippen molar-refractivity contribution in [1.29, 1.82) is 5.26 Å². The van der Waals surface area contributed by atoms with Crippen molar-refractivity contribution in [3.63, 3.8) is 0 Å². The van der Waals surface area contributed by atoms with E-state index in [1.807, 2.05) is 12.1 Å². The number of benzene rings is 2. The van der Waals surface area contributed by atoms with Crippen molar-refractivity contribution in [3.05, 3.63) is 70.8 Å². The highest BCUT2D eigenvalue weighted by atomic mass is 15.1. The van der Waals surface area contributed by atoms with E-state index in [1.54, 1.807) is 0 Å². The summed E-state index contributed by atoms with van der Waals surface area (Å²) in [7, 11) is 0. The maximum Gasteiger partial charge on any atom is 0.0991 e. The topological polar surface area (TPSA) is 27.0 Å². The Morgan fingerprint density at radius 3 is 2.71 bits per heavy atom. The summed E-state index contributed by atoms with van der Waals surface area (Å²) in [4.78, 5) is 2.52. The van der Waals surface area contributed by atoms with Crippen LogP contribution in [0, 0.1) is 18.3 Å². The highest BCUT2D eigenvalue weighted by Crippen LogP contribution is 2.28. The van der Waals surface area contributed by atoms with Crippen LogP contribution in [0.25, 0.3) is 0 Å². The fourth-order valence-corrected chi connectivity index (χ4v) is 3.16. The number of nitriles is 1. The molecule has 0 N–H and O–H groups in total. The molecule has 1 atom stereocenters. The summed E-state index contributed by atoms with van der Waals surface area (Å²) < 4.78 is 0. The third-order valence-electron chi connectivity index (χ3n) is 4.41. The average molecular weight is 276 g/mol. The van der Waals surface area contributed by atoms with Crippen LogP contribution in [0.15, 0.2) is 48.5 Å². The highest BCUT2D eigenvalue weighted by molar-refractivity contribution is 5.37. The zero-order valence-corrected chi connectivity index (χ0v) is 12.4. The molecule has 0 spiro atoms. The molecule has 0 saturated carbocycles. The van der Waals surface area contributed by atoms with Crippen LogP contribution in [0.4, 0.5) is 0 Å². The summed E-state index contributed by atoms with van der Waals surface area (Å²) in [5, 5.41) is 8.94. The largest absolute Gasteiger partial charge is 0.298 e. The molecule has 1 heterocycles. The molecule has 1 aliphatic heterocycles. The molecule has 0 aromatic heterocycles. The van der Waals surface area contributed by atoms with Gasteiger partial charge in [-0.2, -0.15) is 5.26 Å². The first-order valence-electron chi connectivity index (χ1n) is 7.53. The second kappa shape index (κ2) is 6.11. The lowest BCUT2D eigenvalue weighted by atomic mass is 9.99. The van der Waals surface area contributed by atoms with Crippen molar-refractivity contribution < 1.29 is 0 Å². The lowest BCUT2D eigenvalue weighted by Gasteiger charge is -2.18. The Labute approximate surface area is 126 Å². The van der Waals surface area contributed by atoms with Gasteiger partial charge < -0.3 is 0 Å². The van der Waals surface area contributed by atoms with E-state index < -0.39 is 0 Å². The minimum absolute atomic E-state index is 0.657. The number of rotatable bonds is 3. The van der Waals surface area contributed by atoms with Gasteiger partial charge >= 0.3 is 0 Å². The van der Waals surface area contributed by atoms with Gasteiger partial charge in [-0.1, -0.05) is 36.4 Å². The van der Waals surface area contributed by atoms with Crippen LogP contribution in [-0.4, -0.2) is 18.0 Å². The van der Waals surface area contributed by atoms with Crippen molar-refractivity contribution in [2.24, 2.45) is 0 Å². The maximum atomic E-state index is 8.94. The zero-order chi connectivity index (χ0) is 14.7. The predicted molar refractivity (Wildman–Crippen MR) is 85.0 cm³/mol. The number of nitrogens with zero attached hydrogens (tertiary/aromatic N) is 2. The van der Waals surface area contributed by atoms with E-state index >= 15 is 0 Å². The third-order valence-corrected chi connectivity index (χ3v) is 4.41. The van der Waals surface area contributed by atoms with Gasteiger partial charge in [0, 0.05) is 13.1 Å². The van der Waals surface area contributed by atoms with Crippen LogP contribution in [0.3, 0.4) is 0 Å². The van der Waals surface area contributed by atoms with Crippen molar-refractivity contribution in [3.8, 4) is 6.07 Å². The van der Waals surface area contributed by atoms with Crippen molar-refractivity contribution >= 4 is 0 Å². The van der Waals surface area contributed by atoms with E-state index in [-0.39, 0.29) is 0 Å². The van der Waals surface area contributed by atoms with Crippen molar-refractivity contribution in [2.75, 3.05) is 13.1 Å². The Morgan fingerprint density at radius 1 is 1.19 bits per heavy atom. The molecule has 106 valence electrons. The van der Waals surface area contributed by atoms with Gasteiger partial charge in [-0.3, -0.25) is 4.90 Å². The molecule has 0 radical (unpaired) electrons. The molecule has 0 aliphatic carbocycles. The van der Waals surface area contributed by atoms with Crippen LogP contribution < -0.4 is 0 Å². The molecule has 2 aromatic carbocycles. The molecule has 2 heteroatoms. The van der Waals surface area contributed by atoms with Crippen LogP contribution >= 0.6 is 0 Å². The molecule has 1 aliphatic rings. The second-order valence-electron chi connectivity index (χ2n) is 5.88. The standard InChI is InChI=1S/C19H20N2/c1-15-11-16(12-20)7-8-18(15)13-21-10-9-19(14-21)17-5-3-2-4-6-17/h2-8,11,19H,9-10,13-14H2,1H3. The van der Waals surface area contributed by atoms with E-state index in [0.717, 1.165) is 25.2 Å². The summed E-state index contributed by atoms with van der Waals surface area (Å²) in [5.41, 5.74) is 4.76. The normalized spacial score (nSPS) is 18.6. The summed E-state index contributed by atoms with van der Waals surface area (Å²) in [6, 6.07) is 19.0. The third kappa shape index (κ3) is 3.15. The van der Waals surface area contributed by atoms with E-state index in [1.165, 1.54) is 23.1 Å². The molecule has 2 aromatic rings. The molecule has 1 unspecified atom stereocenters. The minimum atomic E-state index is 0.657. The first-order valence-corrected chi connectivity index (χ1v) is 7.53. The number of hydrogen-bond acceptors (Lipinski definition) is 2. The highest BCUT2D eigenvalue weighted by Gasteiger charge is 2.23. The molecule has 1 fully saturated rings. The Kier molecular flexibility index (Phi) is 4.03. The van der Waals surface area contributed by atoms with Gasteiger partial charge in [0.25, 0.3) is 0 Å².